The van der Waals surface area contributed by atoms with E-state index in [1.54, 1.807) is 23.1 Å². The average Bonchev–Trinajstić information content (AvgIpc) is 3.19. The van der Waals surface area contributed by atoms with Crippen LogP contribution in [0.25, 0.3) is 10.8 Å². The van der Waals surface area contributed by atoms with Crippen LogP contribution in [0.5, 0.6) is 0 Å². The van der Waals surface area contributed by atoms with E-state index < -0.39 is 0 Å². The minimum atomic E-state index is 0.249. The summed E-state index contributed by atoms with van der Waals surface area (Å²) in [5, 5.41) is 4.59. The number of piperazine rings is 1. The first-order valence-electron chi connectivity index (χ1n) is 8.92. The predicted molar refractivity (Wildman–Crippen MR) is 111 cm³/mol. The smallest absolute Gasteiger partial charge is 0.233 e. The Morgan fingerprint density at radius 3 is 2.54 bits per heavy atom. The number of nitrogens with zero attached hydrogens (tertiary/aromatic N) is 2. The zero-order valence-corrected chi connectivity index (χ0v) is 16.3. The highest BCUT2D eigenvalue weighted by molar-refractivity contribution is 8.00. The Kier molecular flexibility index (Phi) is 5.58. The highest BCUT2D eigenvalue weighted by atomic mass is 32.2. The van der Waals surface area contributed by atoms with E-state index >= 15 is 0 Å². The van der Waals surface area contributed by atoms with Crippen LogP contribution >= 0.6 is 23.1 Å². The minimum Gasteiger partial charge on any atom is -0.339 e. The summed E-state index contributed by atoms with van der Waals surface area (Å²) in [4.78, 5) is 19.6. The Hall–Kier alpha value is -1.82. The standard InChI is InChI=1S/C21H22N2OS2/c24-21(16-26-19-8-7-17-4-1-2-5-18(17)14-19)23-11-9-22(10-12-23)15-20-6-3-13-25-20/h1-8,13-14H,9-12,15-16H2. The normalized spacial score (nSPS) is 15.5. The maximum atomic E-state index is 12.5. The van der Waals surface area contributed by atoms with E-state index in [1.807, 2.05) is 4.90 Å². The lowest BCUT2D eigenvalue weighted by atomic mass is 10.1. The van der Waals surface area contributed by atoms with Gasteiger partial charge in [0.1, 0.15) is 0 Å². The van der Waals surface area contributed by atoms with E-state index in [4.69, 9.17) is 0 Å². The van der Waals surface area contributed by atoms with Crippen molar-refractivity contribution in [3.8, 4) is 0 Å². The number of rotatable bonds is 5. The zero-order chi connectivity index (χ0) is 17.8. The molecule has 3 aromatic rings. The van der Waals surface area contributed by atoms with Gasteiger partial charge in [0.25, 0.3) is 0 Å². The van der Waals surface area contributed by atoms with E-state index in [-0.39, 0.29) is 5.91 Å². The van der Waals surface area contributed by atoms with E-state index in [0.29, 0.717) is 5.75 Å². The van der Waals surface area contributed by atoms with Gasteiger partial charge in [-0.25, -0.2) is 0 Å². The number of thiophene rings is 1. The van der Waals surface area contributed by atoms with Gasteiger partial charge in [-0.1, -0.05) is 36.4 Å². The van der Waals surface area contributed by atoms with Crippen molar-refractivity contribution in [1.82, 2.24) is 9.80 Å². The van der Waals surface area contributed by atoms with Crippen molar-refractivity contribution in [1.29, 1.82) is 0 Å². The topological polar surface area (TPSA) is 23.6 Å². The van der Waals surface area contributed by atoms with Gasteiger partial charge in [-0.3, -0.25) is 9.69 Å². The fraction of sp³-hybridized carbons (Fsp3) is 0.286. The monoisotopic (exact) mass is 382 g/mol. The lowest BCUT2D eigenvalue weighted by Gasteiger charge is -2.34. The first kappa shape index (κ1) is 17.6. The van der Waals surface area contributed by atoms with Crippen LogP contribution in [0.2, 0.25) is 0 Å². The van der Waals surface area contributed by atoms with Crippen molar-refractivity contribution in [3.05, 3.63) is 64.9 Å². The van der Waals surface area contributed by atoms with E-state index in [2.05, 4.69) is 64.9 Å². The Bertz CT molecular complexity index is 871. The number of carbonyl (C=O) groups is 1. The molecule has 1 aromatic heterocycles. The Balaban J connectivity index is 1.27. The van der Waals surface area contributed by atoms with Gasteiger partial charge in [-0.15, -0.1) is 23.1 Å². The van der Waals surface area contributed by atoms with Gasteiger partial charge in [-0.05, 0) is 34.4 Å². The lowest BCUT2D eigenvalue weighted by Crippen LogP contribution is -2.48. The molecule has 0 radical (unpaired) electrons. The first-order valence-corrected chi connectivity index (χ1v) is 10.8. The molecular formula is C21H22N2OS2. The van der Waals surface area contributed by atoms with Crippen molar-refractivity contribution in [2.75, 3.05) is 31.9 Å². The van der Waals surface area contributed by atoms with E-state index in [9.17, 15) is 4.79 Å². The maximum Gasteiger partial charge on any atom is 0.233 e. The van der Waals surface area contributed by atoms with Crippen LogP contribution in [0.15, 0.2) is 64.9 Å². The van der Waals surface area contributed by atoms with Gasteiger partial charge in [0.05, 0.1) is 5.75 Å². The summed E-state index contributed by atoms with van der Waals surface area (Å²) in [5.41, 5.74) is 0. The fourth-order valence-corrected chi connectivity index (χ4v) is 4.87. The fourth-order valence-electron chi connectivity index (χ4n) is 3.27. The van der Waals surface area contributed by atoms with Gasteiger partial charge in [0.15, 0.2) is 0 Å². The summed E-state index contributed by atoms with van der Waals surface area (Å²) in [5.74, 6) is 0.766. The van der Waals surface area contributed by atoms with Crippen molar-refractivity contribution < 1.29 is 4.79 Å². The van der Waals surface area contributed by atoms with Crippen LogP contribution in [0, 0.1) is 0 Å². The molecule has 0 spiro atoms. The lowest BCUT2D eigenvalue weighted by molar-refractivity contribution is -0.130. The average molecular weight is 383 g/mol. The van der Waals surface area contributed by atoms with Crippen molar-refractivity contribution in [2.45, 2.75) is 11.4 Å². The second-order valence-electron chi connectivity index (χ2n) is 6.53. The summed E-state index contributed by atoms with van der Waals surface area (Å²) >= 11 is 3.44. The van der Waals surface area contributed by atoms with Crippen LogP contribution < -0.4 is 0 Å². The molecule has 1 fully saturated rings. The van der Waals surface area contributed by atoms with E-state index in [0.717, 1.165) is 37.6 Å². The Morgan fingerprint density at radius 2 is 1.77 bits per heavy atom. The highest BCUT2D eigenvalue weighted by Gasteiger charge is 2.21. The van der Waals surface area contributed by atoms with Gasteiger partial charge >= 0.3 is 0 Å². The number of amides is 1. The first-order chi connectivity index (χ1) is 12.8. The van der Waals surface area contributed by atoms with Crippen LogP contribution in [-0.2, 0) is 11.3 Å². The molecule has 4 rings (SSSR count). The molecule has 0 atom stereocenters. The summed E-state index contributed by atoms with van der Waals surface area (Å²) in [7, 11) is 0. The molecule has 3 nitrogen and oxygen atoms in total. The maximum absolute atomic E-state index is 12.5. The number of hydrogen-bond donors (Lipinski definition) is 0. The third-order valence-corrected chi connectivity index (χ3v) is 6.61. The second-order valence-corrected chi connectivity index (χ2v) is 8.61. The van der Waals surface area contributed by atoms with Crippen LogP contribution in [0.1, 0.15) is 4.88 Å². The van der Waals surface area contributed by atoms with E-state index in [1.165, 1.54) is 15.6 Å². The molecule has 5 heteroatoms. The molecule has 134 valence electrons. The molecule has 0 aliphatic carbocycles. The molecule has 2 aromatic carbocycles. The number of benzene rings is 2. The van der Waals surface area contributed by atoms with Gasteiger partial charge < -0.3 is 4.90 Å². The highest BCUT2D eigenvalue weighted by Crippen LogP contribution is 2.24. The minimum absolute atomic E-state index is 0.249. The SMILES string of the molecule is O=C(CSc1ccc2ccccc2c1)N1CCN(Cc2cccs2)CC1. The summed E-state index contributed by atoms with van der Waals surface area (Å²) in [6.07, 6.45) is 0. The number of carbonyl (C=O) groups excluding carboxylic acids is 1. The molecule has 0 bridgehead atoms. The second kappa shape index (κ2) is 8.25. The largest absolute Gasteiger partial charge is 0.339 e. The van der Waals surface area contributed by atoms with Crippen molar-refractivity contribution >= 4 is 39.8 Å². The number of hydrogen-bond acceptors (Lipinski definition) is 4. The summed E-state index contributed by atoms with van der Waals surface area (Å²) in [6, 6.07) is 19.0. The molecule has 2 heterocycles. The molecular weight excluding hydrogens is 360 g/mol. The molecule has 1 amide bonds. The van der Waals surface area contributed by atoms with Gasteiger partial charge in [-0.2, -0.15) is 0 Å². The molecule has 1 aliphatic rings. The summed E-state index contributed by atoms with van der Waals surface area (Å²) in [6.45, 7) is 4.60. The van der Waals surface area contributed by atoms with Crippen LogP contribution in [0.3, 0.4) is 0 Å². The van der Waals surface area contributed by atoms with Gasteiger partial charge in [0, 0.05) is 42.5 Å². The molecule has 0 unspecified atom stereocenters. The van der Waals surface area contributed by atoms with Crippen LogP contribution in [0.4, 0.5) is 0 Å². The van der Waals surface area contributed by atoms with Crippen molar-refractivity contribution in [2.24, 2.45) is 0 Å². The molecule has 26 heavy (non-hydrogen) atoms. The number of thioether (sulfide) groups is 1. The summed E-state index contributed by atoms with van der Waals surface area (Å²) < 4.78 is 0. The van der Waals surface area contributed by atoms with Gasteiger partial charge in [0.2, 0.25) is 5.91 Å². The molecule has 1 saturated heterocycles. The molecule has 1 aliphatic heterocycles. The third kappa shape index (κ3) is 4.29. The Labute approximate surface area is 162 Å². The third-order valence-electron chi connectivity index (χ3n) is 4.77. The predicted octanol–water partition coefficient (Wildman–Crippen LogP) is 4.34. The zero-order valence-electron chi connectivity index (χ0n) is 14.6. The quantitative estimate of drug-likeness (QED) is 0.614. The van der Waals surface area contributed by atoms with Crippen LogP contribution in [-0.4, -0.2) is 47.6 Å². The molecule has 0 N–H and O–H groups in total. The Morgan fingerprint density at radius 1 is 0.962 bits per heavy atom. The van der Waals surface area contributed by atoms with Crippen molar-refractivity contribution in [3.63, 3.8) is 0 Å². The number of fused-ring (bicyclic) bond motifs is 1. The molecule has 0 saturated carbocycles.